The highest BCUT2D eigenvalue weighted by atomic mass is 32.2. The van der Waals surface area contributed by atoms with Crippen molar-refractivity contribution in [2.75, 3.05) is 19.6 Å². The van der Waals surface area contributed by atoms with E-state index in [0.29, 0.717) is 13.0 Å². The summed E-state index contributed by atoms with van der Waals surface area (Å²) in [5, 5.41) is 3.74. The molecule has 1 atom stereocenters. The van der Waals surface area contributed by atoms with Gasteiger partial charge in [0.25, 0.3) is 0 Å². The lowest BCUT2D eigenvalue weighted by atomic mass is 10.1. The van der Waals surface area contributed by atoms with E-state index in [1.165, 1.54) is 16.7 Å². The van der Waals surface area contributed by atoms with Gasteiger partial charge in [-0.3, -0.25) is 24.8 Å². The quantitative estimate of drug-likeness (QED) is 0.442. The van der Waals surface area contributed by atoms with Crippen LogP contribution in [0.5, 0.6) is 0 Å². The molecular weight excluding hydrogens is 310 g/mol. The molecule has 1 aromatic rings. The Labute approximate surface area is 141 Å². The highest BCUT2D eigenvalue weighted by Crippen LogP contribution is 2.25. The number of likely N-dealkylation sites (tertiary alicyclic amines) is 1. The Morgan fingerprint density at radius 3 is 2.70 bits per heavy atom. The topological polar surface area (TPSA) is 63.4 Å². The summed E-state index contributed by atoms with van der Waals surface area (Å²) in [7, 11) is 0. The standard InChI is InChI=1S/C17H23N3O2S/c1-3-18-17(19-4-2)23-14-12-15(21)20(16(14)22)11-10-13-8-6-5-7-9-13/h5-9,14H,3-4,10-12H2,1-2H3,(H,18,19)/p+1/t14-/m0/s1. The molecular formula is C17H24N3O2S+. The zero-order valence-corrected chi connectivity index (χ0v) is 14.5. The minimum Gasteiger partial charge on any atom is -0.281 e. The summed E-state index contributed by atoms with van der Waals surface area (Å²) >= 11 is 1.42. The molecule has 1 aromatic carbocycles. The highest BCUT2D eigenvalue weighted by molar-refractivity contribution is 8.14. The molecule has 2 N–H and O–H groups in total. The minimum atomic E-state index is -0.327. The summed E-state index contributed by atoms with van der Waals surface area (Å²) in [4.78, 5) is 29.3. The first-order valence-electron chi connectivity index (χ1n) is 8.05. The van der Waals surface area contributed by atoms with Crippen LogP contribution in [-0.2, 0) is 16.0 Å². The number of amides is 2. The summed E-state index contributed by atoms with van der Waals surface area (Å²) in [6.45, 7) is 6.03. The number of benzene rings is 1. The van der Waals surface area contributed by atoms with E-state index in [0.717, 1.165) is 23.8 Å². The Bertz CT molecular complexity index is 574. The minimum absolute atomic E-state index is 0.0734. The predicted molar refractivity (Wildman–Crippen MR) is 93.0 cm³/mol. The van der Waals surface area contributed by atoms with Crippen molar-refractivity contribution in [1.82, 2.24) is 10.2 Å². The second-order valence-electron chi connectivity index (χ2n) is 5.32. The second kappa shape index (κ2) is 8.72. The molecule has 1 heterocycles. The maximum atomic E-state index is 12.5. The van der Waals surface area contributed by atoms with Crippen molar-refractivity contribution in [1.29, 1.82) is 0 Å². The normalized spacial score (nSPS) is 18.6. The summed E-state index contributed by atoms with van der Waals surface area (Å²) in [5.41, 5.74) is 1.14. The molecule has 0 aromatic heterocycles. The number of rotatable bonds is 6. The van der Waals surface area contributed by atoms with Gasteiger partial charge >= 0.3 is 5.17 Å². The van der Waals surface area contributed by atoms with Crippen molar-refractivity contribution < 1.29 is 14.6 Å². The molecule has 23 heavy (non-hydrogen) atoms. The molecule has 6 heteroatoms. The fraction of sp³-hybridized carbons (Fsp3) is 0.471. The molecule has 0 radical (unpaired) electrons. The molecule has 0 aliphatic carbocycles. The highest BCUT2D eigenvalue weighted by Gasteiger charge is 2.40. The van der Waals surface area contributed by atoms with Crippen LogP contribution in [-0.4, -0.2) is 46.8 Å². The lowest BCUT2D eigenvalue weighted by Gasteiger charge is -2.14. The molecule has 2 rings (SSSR count). The van der Waals surface area contributed by atoms with Gasteiger partial charge in [0.15, 0.2) is 0 Å². The number of nitrogens with one attached hydrogen (secondary N) is 2. The van der Waals surface area contributed by atoms with Gasteiger partial charge in [-0.05, 0) is 37.6 Å². The third-order valence-electron chi connectivity index (χ3n) is 3.60. The van der Waals surface area contributed by atoms with Crippen LogP contribution in [0, 0.1) is 0 Å². The number of amidine groups is 1. The van der Waals surface area contributed by atoms with E-state index in [4.69, 9.17) is 0 Å². The average molecular weight is 334 g/mol. The van der Waals surface area contributed by atoms with E-state index in [2.05, 4.69) is 10.3 Å². The Balaban J connectivity index is 1.95. The maximum Gasteiger partial charge on any atom is 0.304 e. The van der Waals surface area contributed by atoms with Crippen molar-refractivity contribution in [3.05, 3.63) is 35.9 Å². The molecule has 0 bridgehead atoms. The fourth-order valence-electron chi connectivity index (χ4n) is 2.47. The molecule has 124 valence electrons. The van der Waals surface area contributed by atoms with Gasteiger partial charge in [0.1, 0.15) is 5.25 Å². The van der Waals surface area contributed by atoms with Crippen molar-refractivity contribution in [3.8, 4) is 0 Å². The lowest BCUT2D eigenvalue weighted by molar-refractivity contribution is -0.451. The maximum absolute atomic E-state index is 12.5. The Hall–Kier alpha value is -1.82. The monoisotopic (exact) mass is 334 g/mol. The number of carbonyl (C=O) groups is 2. The SMILES string of the molecule is CCNC(=[NH+]CC)S[C@H]1CC(=O)N(CCc2ccccc2)C1=O. The molecule has 1 aliphatic heterocycles. The van der Waals surface area contributed by atoms with E-state index in [1.807, 2.05) is 44.2 Å². The van der Waals surface area contributed by atoms with E-state index >= 15 is 0 Å². The summed E-state index contributed by atoms with van der Waals surface area (Å²) in [5.74, 6) is -0.153. The summed E-state index contributed by atoms with van der Waals surface area (Å²) < 4.78 is 0. The first-order chi connectivity index (χ1) is 11.2. The van der Waals surface area contributed by atoms with Crippen LogP contribution in [0.25, 0.3) is 0 Å². The second-order valence-corrected chi connectivity index (χ2v) is 6.53. The predicted octanol–water partition coefficient (Wildman–Crippen LogP) is 0.156. The van der Waals surface area contributed by atoms with Crippen molar-refractivity contribution in [2.45, 2.75) is 31.9 Å². The molecule has 2 amide bonds. The summed E-state index contributed by atoms with van der Waals surface area (Å²) in [6, 6.07) is 9.92. The van der Waals surface area contributed by atoms with Crippen LogP contribution >= 0.6 is 11.8 Å². The van der Waals surface area contributed by atoms with Gasteiger partial charge in [0, 0.05) is 13.0 Å². The van der Waals surface area contributed by atoms with Gasteiger partial charge in [-0.1, -0.05) is 30.3 Å². The van der Waals surface area contributed by atoms with Crippen LogP contribution in [0.2, 0.25) is 0 Å². The number of nitrogens with zero attached hydrogens (tertiary/aromatic N) is 1. The van der Waals surface area contributed by atoms with Gasteiger partial charge in [0.2, 0.25) is 11.8 Å². The van der Waals surface area contributed by atoms with Crippen LogP contribution < -0.4 is 10.3 Å². The Morgan fingerprint density at radius 2 is 2.04 bits per heavy atom. The van der Waals surface area contributed by atoms with E-state index in [-0.39, 0.29) is 23.5 Å². The average Bonchev–Trinajstić information content (AvgIpc) is 2.81. The summed E-state index contributed by atoms with van der Waals surface area (Å²) in [6.07, 6.45) is 0.977. The molecule has 0 unspecified atom stereocenters. The number of hydrogen-bond donors (Lipinski definition) is 2. The Kier molecular flexibility index (Phi) is 6.65. The smallest absolute Gasteiger partial charge is 0.281 e. The van der Waals surface area contributed by atoms with Crippen LogP contribution in [0.3, 0.4) is 0 Å². The Morgan fingerprint density at radius 1 is 1.30 bits per heavy atom. The lowest BCUT2D eigenvalue weighted by Crippen LogP contribution is -2.74. The van der Waals surface area contributed by atoms with E-state index in [1.54, 1.807) is 0 Å². The molecule has 1 fully saturated rings. The molecule has 1 aliphatic rings. The number of hydrogen-bond acceptors (Lipinski definition) is 3. The first-order valence-corrected chi connectivity index (χ1v) is 8.93. The van der Waals surface area contributed by atoms with Crippen LogP contribution in [0.1, 0.15) is 25.8 Å². The molecule has 5 nitrogen and oxygen atoms in total. The fourth-order valence-corrected chi connectivity index (χ4v) is 3.67. The van der Waals surface area contributed by atoms with Crippen LogP contribution in [0.4, 0.5) is 0 Å². The van der Waals surface area contributed by atoms with Gasteiger partial charge < -0.3 is 0 Å². The first kappa shape index (κ1) is 17.5. The van der Waals surface area contributed by atoms with Crippen molar-refractivity contribution >= 4 is 28.7 Å². The van der Waals surface area contributed by atoms with Gasteiger partial charge in [-0.2, -0.15) is 0 Å². The molecule has 1 saturated heterocycles. The third-order valence-corrected chi connectivity index (χ3v) is 4.78. The van der Waals surface area contributed by atoms with E-state index < -0.39 is 0 Å². The zero-order valence-electron chi connectivity index (χ0n) is 13.7. The third kappa shape index (κ3) is 4.82. The largest absolute Gasteiger partial charge is 0.304 e. The van der Waals surface area contributed by atoms with Crippen molar-refractivity contribution in [3.63, 3.8) is 0 Å². The van der Waals surface area contributed by atoms with Gasteiger partial charge in [-0.15, -0.1) is 0 Å². The van der Waals surface area contributed by atoms with Crippen LogP contribution in [0.15, 0.2) is 30.3 Å². The number of carbonyl (C=O) groups excluding carboxylic acids is 2. The zero-order chi connectivity index (χ0) is 16.7. The van der Waals surface area contributed by atoms with Gasteiger partial charge in [0.05, 0.1) is 13.1 Å². The molecule has 0 spiro atoms. The molecule has 0 saturated carbocycles. The van der Waals surface area contributed by atoms with E-state index in [9.17, 15) is 9.59 Å². The number of thioether (sulfide) groups is 1. The number of imide groups is 1. The van der Waals surface area contributed by atoms with Crippen molar-refractivity contribution in [2.24, 2.45) is 0 Å². The van der Waals surface area contributed by atoms with Gasteiger partial charge in [-0.25, -0.2) is 0 Å².